The van der Waals surface area contributed by atoms with E-state index in [1.807, 2.05) is 43.1 Å². The van der Waals surface area contributed by atoms with Gasteiger partial charge in [-0.05, 0) is 6.92 Å². The number of fused-ring (bicyclic) bond motifs is 1. The standard InChI is InChI=1S/C22H19FN8O4S4/c1-9-12(10-3-5-30(2)6-4-10)26-18(38-9)11-7-37-20-14(19(33)31(20)15(11)21(34)36)25-17(32)13(28-35-8-23)16-27-22(24)39-29-16/h3-6,14,20H,7-8H2,1-2H3,(H3-,24,25,27,29,32,34,36)/b28-13-/t14-,20-/m1/s1. The number of amides is 2. The summed E-state index contributed by atoms with van der Waals surface area (Å²) in [7, 11) is 1.92. The molecule has 0 saturated carbocycles. The van der Waals surface area contributed by atoms with E-state index in [1.165, 1.54) is 28.0 Å². The Morgan fingerprint density at radius 1 is 1.36 bits per heavy atom. The molecule has 0 bridgehead atoms. The summed E-state index contributed by atoms with van der Waals surface area (Å²) in [6, 6.07) is 2.89. The predicted molar refractivity (Wildman–Crippen MR) is 146 cm³/mol. The first-order valence-corrected chi connectivity index (χ1v) is 14.2. The van der Waals surface area contributed by atoms with E-state index < -0.39 is 40.9 Å². The molecule has 3 aromatic rings. The highest BCUT2D eigenvalue weighted by atomic mass is 32.2. The van der Waals surface area contributed by atoms with Gasteiger partial charge < -0.3 is 33.3 Å². The Hall–Kier alpha value is -3.54. The fraction of sp³-hybridized carbons (Fsp3) is 0.273. The second-order valence-electron chi connectivity index (χ2n) is 8.29. The monoisotopic (exact) mass is 606 g/mol. The Kier molecular flexibility index (Phi) is 7.57. The fourth-order valence-corrected chi connectivity index (χ4v) is 7.11. The van der Waals surface area contributed by atoms with Crippen LogP contribution >= 0.6 is 34.6 Å². The number of rotatable bonds is 8. The van der Waals surface area contributed by atoms with Crippen molar-refractivity contribution < 1.29 is 28.2 Å². The summed E-state index contributed by atoms with van der Waals surface area (Å²) in [5.41, 5.74) is 7.48. The number of aromatic nitrogens is 4. The number of aryl methyl sites for hydroxylation is 2. The Balaban J connectivity index is 1.40. The number of nitrogens with two attached hydrogens (primary N) is 1. The molecule has 5 heterocycles. The van der Waals surface area contributed by atoms with Crippen molar-refractivity contribution in [1.29, 1.82) is 0 Å². The van der Waals surface area contributed by atoms with Gasteiger partial charge in [0.1, 0.15) is 23.5 Å². The highest BCUT2D eigenvalue weighted by Crippen LogP contribution is 2.45. The van der Waals surface area contributed by atoms with Gasteiger partial charge in [-0.3, -0.25) is 14.5 Å². The van der Waals surface area contributed by atoms with Gasteiger partial charge in [-0.15, -0.1) is 23.1 Å². The van der Waals surface area contributed by atoms with Gasteiger partial charge in [-0.1, -0.05) is 5.16 Å². The second-order valence-corrected chi connectivity index (χ2v) is 11.7. The molecule has 2 aliphatic heterocycles. The van der Waals surface area contributed by atoms with E-state index in [2.05, 4.69) is 24.7 Å². The highest BCUT2D eigenvalue weighted by molar-refractivity contribution is 8.00. The molecule has 5 rings (SSSR count). The number of anilines is 1. The van der Waals surface area contributed by atoms with Gasteiger partial charge in [0, 0.05) is 45.4 Å². The Labute approximate surface area is 238 Å². The van der Waals surface area contributed by atoms with E-state index >= 15 is 0 Å². The molecule has 12 nitrogen and oxygen atoms in total. The van der Waals surface area contributed by atoms with Gasteiger partial charge in [-0.25, -0.2) is 13.9 Å². The summed E-state index contributed by atoms with van der Waals surface area (Å²) in [5, 5.41) is 5.35. The summed E-state index contributed by atoms with van der Waals surface area (Å²) in [6.07, 6.45) is 3.83. The van der Waals surface area contributed by atoms with Crippen LogP contribution in [0.25, 0.3) is 16.8 Å². The van der Waals surface area contributed by atoms with Crippen LogP contribution in [0.4, 0.5) is 9.52 Å². The van der Waals surface area contributed by atoms with Crippen LogP contribution in [0.2, 0.25) is 0 Å². The highest BCUT2D eigenvalue weighted by Gasteiger charge is 2.53. The molecule has 2 atom stereocenters. The molecule has 3 N–H and O–H groups in total. The third kappa shape index (κ3) is 5.09. The smallest absolute Gasteiger partial charge is 0.278 e. The Bertz CT molecular complexity index is 1540. The molecule has 1 fully saturated rings. The first kappa shape index (κ1) is 27.0. The fourth-order valence-electron chi connectivity index (χ4n) is 4.04. The Morgan fingerprint density at radius 3 is 2.74 bits per heavy atom. The van der Waals surface area contributed by atoms with Crippen LogP contribution in [-0.2, 0) is 38.9 Å². The van der Waals surface area contributed by atoms with E-state index in [0.29, 0.717) is 16.3 Å². The number of nitrogen functional groups attached to an aromatic ring is 1. The van der Waals surface area contributed by atoms with Crippen molar-refractivity contribution in [3.05, 3.63) is 45.9 Å². The predicted octanol–water partition coefficient (Wildman–Crippen LogP) is 0.909. The van der Waals surface area contributed by atoms with Gasteiger partial charge >= 0.3 is 0 Å². The molecule has 2 aliphatic rings. The van der Waals surface area contributed by atoms with Crippen molar-refractivity contribution in [3.63, 3.8) is 0 Å². The molecule has 39 heavy (non-hydrogen) atoms. The van der Waals surface area contributed by atoms with Crippen LogP contribution in [0.1, 0.15) is 15.7 Å². The van der Waals surface area contributed by atoms with Gasteiger partial charge in [-0.2, -0.15) is 9.36 Å². The lowest BCUT2D eigenvalue weighted by atomic mass is 10.0. The number of pyridine rings is 1. The number of halogens is 1. The van der Waals surface area contributed by atoms with Gasteiger partial charge in [0.25, 0.3) is 18.7 Å². The zero-order valence-electron chi connectivity index (χ0n) is 20.3. The summed E-state index contributed by atoms with van der Waals surface area (Å²) >= 11 is 8.59. The largest absolute Gasteiger partial charge is 0.735 e. The van der Waals surface area contributed by atoms with Crippen molar-refractivity contribution in [2.24, 2.45) is 12.2 Å². The maximum atomic E-state index is 13.2. The SMILES string of the molecule is Cc1sc(C2=C(C(=O)[S-])N3C(=O)[C@@H](NC(=O)/C(=N\OCF)c4nsc(N)n4)[C@H]3SC2)nc1-c1cc[n+](C)cc1. The molecule has 17 heteroatoms. The molecular weight excluding hydrogens is 588 g/mol. The van der Waals surface area contributed by atoms with E-state index in [-0.39, 0.29) is 16.7 Å². The van der Waals surface area contributed by atoms with Crippen molar-refractivity contribution in [3.8, 4) is 11.3 Å². The molecule has 0 unspecified atom stereocenters. The Morgan fingerprint density at radius 2 is 2.10 bits per heavy atom. The maximum Gasteiger partial charge on any atom is 0.278 e. The molecular formula is C22H19FN8O4S4. The zero-order valence-corrected chi connectivity index (χ0v) is 23.5. The van der Waals surface area contributed by atoms with Crippen LogP contribution in [0.15, 0.2) is 35.4 Å². The van der Waals surface area contributed by atoms with Crippen molar-refractivity contribution >= 4 is 80.6 Å². The summed E-state index contributed by atoms with van der Waals surface area (Å²) in [5.74, 6) is -1.23. The van der Waals surface area contributed by atoms with Crippen LogP contribution in [0, 0.1) is 6.92 Å². The molecule has 2 amide bonds. The molecule has 3 aromatic heterocycles. The number of carbonyl (C=O) groups is 3. The van der Waals surface area contributed by atoms with Crippen molar-refractivity contribution in [1.82, 2.24) is 24.6 Å². The first-order valence-electron chi connectivity index (χ1n) is 11.2. The van der Waals surface area contributed by atoms with E-state index in [9.17, 15) is 18.8 Å². The quantitative estimate of drug-likeness (QED) is 0.124. The number of nitrogens with one attached hydrogen (secondary N) is 1. The summed E-state index contributed by atoms with van der Waals surface area (Å²) < 4.78 is 18.4. The maximum absolute atomic E-state index is 13.2. The third-order valence-electron chi connectivity index (χ3n) is 5.83. The number of nitrogens with zero attached hydrogens (tertiary/aromatic N) is 6. The lowest BCUT2D eigenvalue weighted by molar-refractivity contribution is -0.671. The molecule has 0 spiro atoms. The average Bonchev–Trinajstić information content (AvgIpc) is 3.52. The molecule has 202 valence electrons. The minimum absolute atomic E-state index is 0.0626. The van der Waals surface area contributed by atoms with Crippen molar-refractivity contribution in [2.45, 2.75) is 18.3 Å². The van der Waals surface area contributed by atoms with Gasteiger partial charge in [0.05, 0.1) is 16.5 Å². The van der Waals surface area contributed by atoms with Crippen molar-refractivity contribution in [2.75, 3.05) is 18.3 Å². The number of oxime groups is 1. The number of alkyl halides is 1. The van der Waals surface area contributed by atoms with Crippen LogP contribution < -0.4 is 15.6 Å². The van der Waals surface area contributed by atoms with E-state index in [0.717, 1.165) is 27.7 Å². The van der Waals surface area contributed by atoms with E-state index in [1.54, 1.807) is 0 Å². The number of thiazole rings is 1. The normalized spacial score (nSPS) is 19.0. The molecule has 1 saturated heterocycles. The average molecular weight is 607 g/mol. The van der Waals surface area contributed by atoms with Crippen LogP contribution in [0.3, 0.4) is 0 Å². The molecule has 0 aliphatic carbocycles. The lowest BCUT2D eigenvalue weighted by Crippen LogP contribution is -2.70. The summed E-state index contributed by atoms with van der Waals surface area (Å²) in [4.78, 5) is 54.0. The minimum Gasteiger partial charge on any atom is -0.735 e. The van der Waals surface area contributed by atoms with Crippen LogP contribution in [-0.4, -0.2) is 65.9 Å². The second kappa shape index (κ2) is 10.9. The van der Waals surface area contributed by atoms with E-state index in [4.69, 9.17) is 23.3 Å². The molecule has 0 radical (unpaired) electrons. The zero-order chi connectivity index (χ0) is 27.8. The number of β-lactam (4-membered cyclic amide) rings is 1. The van der Waals surface area contributed by atoms with Gasteiger partial charge in [0.2, 0.25) is 11.5 Å². The summed E-state index contributed by atoms with van der Waals surface area (Å²) in [6.45, 7) is 0.651. The number of thioether (sulfide) groups is 1. The van der Waals surface area contributed by atoms with Gasteiger partial charge in [0.15, 0.2) is 17.5 Å². The molecule has 0 aromatic carbocycles. The van der Waals surface area contributed by atoms with Crippen LogP contribution in [0.5, 0.6) is 0 Å². The minimum atomic E-state index is -1.29. The third-order valence-corrected chi connectivity index (χ3v) is 8.87. The first-order chi connectivity index (χ1) is 18.7. The topological polar surface area (TPSA) is 157 Å². The number of hydrogen-bond donors (Lipinski definition) is 2. The lowest BCUT2D eigenvalue weighted by Gasteiger charge is -2.50. The number of hydrogen-bond acceptors (Lipinski definition) is 13. The number of carbonyl (C=O) groups excluding carboxylic acids is 3.